The van der Waals surface area contributed by atoms with Gasteiger partial charge in [0.1, 0.15) is 11.6 Å². The molecule has 2 N–H and O–H groups in total. The van der Waals surface area contributed by atoms with Crippen molar-refractivity contribution < 1.29 is 12.8 Å². The maximum Gasteiger partial charge on any atom is 0.240 e. The molecule has 0 unspecified atom stereocenters. The molecule has 0 fully saturated rings. The first-order valence-electron chi connectivity index (χ1n) is 9.85. The lowest BCUT2D eigenvalue weighted by Gasteiger charge is -2.18. The standard InChI is InChI=1S/C19H26FN7O2S/c1-3-26(4-2)14-13-21-17-9-10-18-23-24-19(27(18)25-17)11-12-22-30(28,29)16-7-5-15(20)6-8-16/h5-10,22H,3-4,11-14H2,1-2H3,(H,21,25). The first-order valence-corrected chi connectivity index (χ1v) is 11.3. The van der Waals surface area contributed by atoms with Gasteiger partial charge in [-0.1, -0.05) is 13.8 Å². The molecule has 30 heavy (non-hydrogen) atoms. The van der Waals surface area contributed by atoms with Crippen LogP contribution in [0.3, 0.4) is 0 Å². The van der Waals surface area contributed by atoms with Crippen molar-refractivity contribution in [3.63, 3.8) is 0 Å². The van der Waals surface area contributed by atoms with Gasteiger partial charge in [0.05, 0.1) is 4.90 Å². The summed E-state index contributed by atoms with van der Waals surface area (Å²) >= 11 is 0. The molecular weight excluding hydrogens is 409 g/mol. The number of benzene rings is 1. The molecule has 9 nitrogen and oxygen atoms in total. The van der Waals surface area contributed by atoms with E-state index in [0.717, 1.165) is 38.3 Å². The number of likely N-dealkylation sites (N-methyl/N-ethyl adjacent to an activating group) is 1. The summed E-state index contributed by atoms with van der Waals surface area (Å²) in [5, 5.41) is 16.0. The highest BCUT2D eigenvalue weighted by molar-refractivity contribution is 7.89. The summed E-state index contributed by atoms with van der Waals surface area (Å²) in [6.07, 6.45) is 0.303. The van der Waals surface area contributed by atoms with Gasteiger partial charge in [-0.3, -0.25) is 0 Å². The fourth-order valence-corrected chi connectivity index (χ4v) is 3.99. The Morgan fingerprint density at radius 1 is 1.03 bits per heavy atom. The maximum absolute atomic E-state index is 13.0. The number of aromatic nitrogens is 4. The van der Waals surface area contributed by atoms with E-state index in [1.165, 1.54) is 12.1 Å². The first kappa shape index (κ1) is 22.1. The number of hydrogen-bond donors (Lipinski definition) is 2. The molecule has 0 radical (unpaired) electrons. The Labute approximate surface area is 175 Å². The number of nitrogens with one attached hydrogen (secondary N) is 2. The van der Waals surface area contributed by atoms with E-state index in [9.17, 15) is 12.8 Å². The second-order valence-electron chi connectivity index (χ2n) is 6.66. The van der Waals surface area contributed by atoms with E-state index in [2.05, 4.69) is 44.1 Å². The van der Waals surface area contributed by atoms with Gasteiger partial charge < -0.3 is 10.2 Å². The Hall–Kier alpha value is -2.63. The predicted molar refractivity (Wildman–Crippen MR) is 112 cm³/mol. The van der Waals surface area contributed by atoms with E-state index in [-0.39, 0.29) is 11.4 Å². The highest BCUT2D eigenvalue weighted by Gasteiger charge is 2.15. The van der Waals surface area contributed by atoms with Crippen molar-refractivity contribution in [2.45, 2.75) is 25.2 Å². The molecule has 0 aliphatic carbocycles. The van der Waals surface area contributed by atoms with Crippen LogP contribution >= 0.6 is 0 Å². The first-order chi connectivity index (χ1) is 14.4. The van der Waals surface area contributed by atoms with E-state index in [0.29, 0.717) is 23.7 Å². The lowest BCUT2D eigenvalue weighted by atomic mass is 10.4. The van der Waals surface area contributed by atoms with Crippen LogP contribution in [-0.2, 0) is 16.4 Å². The number of rotatable bonds is 11. The average Bonchev–Trinajstić information content (AvgIpc) is 3.14. The van der Waals surface area contributed by atoms with Crippen molar-refractivity contribution in [2.75, 3.05) is 38.0 Å². The van der Waals surface area contributed by atoms with E-state index < -0.39 is 15.8 Å². The Bertz CT molecular complexity index is 1070. The second kappa shape index (κ2) is 9.92. The van der Waals surface area contributed by atoms with Crippen molar-refractivity contribution in [1.82, 2.24) is 29.4 Å². The lowest BCUT2D eigenvalue weighted by Crippen LogP contribution is -2.29. The van der Waals surface area contributed by atoms with Crippen LogP contribution in [0.15, 0.2) is 41.3 Å². The Morgan fingerprint density at radius 3 is 2.47 bits per heavy atom. The van der Waals surface area contributed by atoms with Gasteiger partial charge in [0.25, 0.3) is 0 Å². The van der Waals surface area contributed by atoms with E-state index in [1.54, 1.807) is 4.52 Å². The number of sulfonamides is 1. The van der Waals surface area contributed by atoms with Crippen molar-refractivity contribution in [3.05, 3.63) is 48.0 Å². The van der Waals surface area contributed by atoms with Gasteiger partial charge in [0.2, 0.25) is 10.0 Å². The normalized spacial score (nSPS) is 12.0. The smallest absolute Gasteiger partial charge is 0.240 e. The molecule has 0 bridgehead atoms. The predicted octanol–water partition coefficient (Wildman–Crippen LogP) is 1.54. The zero-order valence-corrected chi connectivity index (χ0v) is 17.9. The topological polar surface area (TPSA) is 105 Å². The summed E-state index contributed by atoms with van der Waals surface area (Å²) in [6.45, 7) is 8.02. The van der Waals surface area contributed by atoms with Gasteiger partial charge in [-0.2, -0.15) is 4.52 Å². The molecule has 0 spiro atoms. The van der Waals surface area contributed by atoms with Gasteiger partial charge in [-0.05, 0) is 49.5 Å². The summed E-state index contributed by atoms with van der Waals surface area (Å²) in [5.74, 6) is 0.748. The minimum Gasteiger partial charge on any atom is -0.367 e. The molecule has 0 saturated carbocycles. The Balaban J connectivity index is 1.61. The van der Waals surface area contributed by atoms with Crippen molar-refractivity contribution in [3.8, 4) is 0 Å². The highest BCUT2D eigenvalue weighted by Crippen LogP contribution is 2.10. The molecule has 162 valence electrons. The van der Waals surface area contributed by atoms with Crippen LogP contribution in [0, 0.1) is 5.82 Å². The summed E-state index contributed by atoms with van der Waals surface area (Å²) in [4.78, 5) is 2.32. The monoisotopic (exact) mass is 435 g/mol. The zero-order chi connectivity index (χ0) is 21.6. The molecule has 3 aromatic rings. The zero-order valence-electron chi connectivity index (χ0n) is 17.0. The van der Waals surface area contributed by atoms with Gasteiger partial charge in [0, 0.05) is 26.1 Å². The van der Waals surface area contributed by atoms with Crippen LogP contribution in [0.5, 0.6) is 0 Å². The van der Waals surface area contributed by atoms with Crippen LogP contribution in [0.4, 0.5) is 10.2 Å². The van der Waals surface area contributed by atoms with E-state index in [1.807, 2.05) is 12.1 Å². The Morgan fingerprint density at radius 2 is 1.77 bits per heavy atom. The molecule has 11 heteroatoms. The number of hydrogen-bond acceptors (Lipinski definition) is 7. The van der Waals surface area contributed by atoms with Crippen molar-refractivity contribution in [1.29, 1.82) is 0 Å². The molecule has 3 rings (SSSR count). The molecule has 0 aliphatic heterocycles. The summed E-state index contributed by atoms with van der Waals surface area (Å²) < 4.78 is 41.7. The van der Waals surface area contributed by atoms with Crippen LogP contribution < -0.4 is 10.0 Å². The van der Waals surface area contributed by atoms with E-state index in [4.69, 9.17) is 0 Å². The third kappa shape index (κ3) is 5.49. The summed E-state index contributed by atoms with van der Waals surface area (Å²) in [7, 11) is -3.73. The number of anilines is 1. The molecular formula is C19H26FN7O2S. The number of nitrogens with zero attached hydrogens (tertiary/aromatic N) is 5. The summed E-state index contributed by atoms with van der Waals surface area (Å²) in [6, 6.07) is 8.32. The largest absolute Gasteiger partial charge is 0.367 e. The SMILES string of the molecule is CCN(CC)CCNc1ccc2nnc(CCNS(=O)(=O)c3ccc(F)cc3)n2n1. The van der Waals surface area contributed by atoms with Gasteiger partial charge in [-0.15, -0.1) is 15.3 Å². The minimum atomic E-state index is -3.73. The van der Waals surface area contributed by atoms with Crippen molar-refractivity contribution in [2.24, 2.45) is 0 Å². The fourth-order valence-electron chi connectivity index (χ4n) is 2.96. The van der Waals surface area contributed by atoms with Crippen LogP contribution in [0.25, 0.3) is 5.65 Å². The highest BCUT2D eigenvalue weighted by atomic mass is 32.2. The quantitative estimate of drug-likeness (QED) is 0.471. The molecule has 1 aromatic carbocycles. The molecule has 2 heterocycles. The third-order valence-electron chi connectivity index (χ3n) is 4.72. The Kier molecular flexibility index (Phi) is 7.29. The van der Waals surface area contributed by atoms with E-state index >= 15 is 0 Å². The minimum absolute atomic E-state index is 0.00724. The molecule has 0 aliphatic rings. The molecule has 0 atom stereocenters. The van der Waals surface area contributed by atoms with Gasteiger partial charge in [0.15, 0.2) is 11.5 Å². The molecule has 2 aromatic heterocycles. The number of halogens is 1. The van der Waals surface area contributed by atoms with Crippen LogP contribution in [0.2, 0.25) is 0 Å². The van der Waals surface area contributed by atoms with Crippen LogP contribution in [0.1, 0.15) is 19.7 Å². The van der Waals surface area contributed by atoms with Crippen LogP contribution in [-0.4, -0.2) is 65.9 Å². The molecule has 0 saturated heterocycles. The number of fused-ring (bicyclic) bond motifs is 1. The van der Waals surface area contributed by atoms with Crippen molar-refractivity contribution >= 4 is 21.5 Å². The second-order valence-corrected chi connectivity index (χ2v) is 8.43. The maximum atomic E-state index is 13.0. The van der Waals surface area contributed by atoms with Gasteiger partial charge >= 0.3 is 0 Å². The average molecular weight is 436 g/mol. The third-order valence-corrected chi connectivity index (χ3v) is 6.20. The van der Waals surface area contributed by atoms with Gasteiger partial charge in [-0.25, -0.2) is 17.5 Å². The summed E-state index contributed by atoms with van der Waals surface area (Å²) in [5.41, 5.74) is 0.584. The fraction of sp³-hybridized carbons (Fsp3) is 0.421. The molecule has 0 amide bonds. The lowest BCUT2D eigenvalue weighted by molar-refractivity contribution is 0.316.